The highest BCUT2D eigenvalue weighted by atomic mass is 79.9. The van der Waals surface area contributed by atoms with Gasteiger partial charge in [0.25, 0.3) is 0 Å². The highest BCUT2D eigenvalue weighted by Gasteiger charge is 2.17. The van der Waals surface area contributed by atoms with Gasteiger partial charge in [-0.3, -0.25) is 4.40 Å². The van der Waals surface area contributed by atoms with E-state index < -0.39 is 0 Å². The van der Waals surface area contributed by atoms with Crippen molar-refractivity contribution >= 4 is 33.2 Å². The van der Waals surface area contributed by atoms with Gasteiger partial charge in [0.15, 0.2) is 16.6 Å². The Labute approximate surface area is 135 Å². The van der Waals surface area contributed by atoms with E-state index >= 15 is 0 Å². The summed E-state index contributed by atoms with van der Waals surface area (Å²) in [6, 6.07) is 5.70. The number of rotatable bonds is 2. The van der Waals surface area contributed by atoms with E-state index in [9.17, 15) is 0 Å². The van der Waals surface area contributed by atoms with Gasteiger partial charge < -0.3 is 4.74 Å². The van der Waals surface area contributed by atoms with E-state index in [1.807, 2.05) is 36.4 Å². The van der Waals surface area contributed by atoms with Crippen molar-refractivity contribution in [3.05, 3.63) is 39.2 Å². The zero-order valence-electron chi connectivity index (χ0n) is 11.7. The van der Waals surface area contributed by atoms with Crippen molar-refractivity contribution in [2.24, 2.45) is 0 Å². The van der Waals surface area contributed by atoms with Crippen molar-refractivity contribution in [3.8, 4) is 17.1 Å². The van der Waals surface area contributed by atoms with Gasteiger partial charge in [-0.25, -0.2) is 4.98 Å². The normalized spacial score (nSPS) is 11.1. The molecular weight excluding hydrogens is 356 g/mol. The molecule has 0 unspecified atom stereocenters. The zero-order valence-corrected chi connectivity index (χ0v) is 14.0. The van der Waals surface area contributed by atoms with Crippen molar-refractivity contribution < 1.29 is 4.74 Å². The Morgan fingerprint density at radius 1 is 1.24 bits per heavy atom. The summed E-state index contributed by atoms with van der Waals surface area (Å²) in [6.07, 6.45) is 0. The van der Waals surface area contributed by atoms with Gasteiger partial charge in [0, 0.05) is 15.7 Å². The molecule has 2 heterocycles. The fraction of sp³-hybridized carbons (Fsp3) is 0.214. The third kappa shape index (κ3) is 2.28. The number of aryl methyl sites for hydroxylation is 2. The Hall–Kier alpha value is -1.66. The van der Waals surface area contributed by atoms with Gasteiger partial charge >= 0.3 is 0 Å². The number of methoxy groups -OCH3 is 1. The average molecular weight is 368 g/mol. The van der Waals surface area contributed by atoms with Crippen LogP contribution in [0.4, 0.5) is 0 Å². The van der Waals surface area contributed by atoms with Crippen LogP contribution < -0.4 is 4.74 Å². The van der Waals surface area contributed by atoms with Gasteiger partial charge in [0.1, 0.15) is 5.75 Å². The van der Waals surface area contributed by atoms with Crippen LogP contribution in [0.2, 0.25) is 5.15 Å². The lowest BCUT2D eigenvalue weighted by atomic mass is 10.2. The molecule has 3 aromatic rings. The van der Waals surface area contributed by atoms with Crippen LogP contribution in [0.15, 0.2) is 22.7 Å². The molecule has 3 rings (SSSR count). The molecule has 0 aliphatic carbocycles. The SMILES string of the molecule is COc1ccc(Br)c(-c2nnc3c(Cl)nc(C)c(C)n23)c1. The van der Waals surface area contributed by atoms with Gasteiger partial charge in [-0.1, -0.05) is 27.5 Å². The topological polar surface area (TPSA) is 52.3 Å². The molecule has 108 valence electrons. The molecule has 0 radical (unpaired) electrons. The number of benzene rings is 1. The third-order valence-corrected chi connectivity index (χ3v) is 4.33. The number of fused-ring (bicyclic) bond motifs is 1. The van der Waals surface area contributed by atoms with Crippen molar-refractivity contribution in [1.82, 2.24) is 19.6 Å². The number of aromatic nitrogens is 4. The standard InChI is InChI=1S/C14H12BrClN4O/c1-7-8(2)20-13(18-19-14(20)12(16)17-7)10-6-9(21-3)4-5-11(10)15/h4-6H,1-3H3. The van der Waals surface area contributed by atoms with Crippen LogP contribution in [0.1, 0.15) is 11.4 Å². The van der Waals surface area contributed by atoms with Crippen molar-refractivity contribution in [2.75, 3.05) is 7.11 Å². The molecule has 2 aromatic heterocycles. The quantitative estimate of drug-likeness (QED) is 0.691. The highest BCUT2D eigenvalue weighted by molar-refractivity contribution is 9.10. The minimum atomic E-state index is 0.343. The monoisotopic (exact) mass is 366 g/mol. The van der Waals surface area contributed by atoms with Crippen molar-refractivity contribution in [3.63, 3.8) is 0 Å². The zero-order chi connectivity index (χ0) is 15.1. The number of halogens is 2. The summed E-state index contributed by atoms with van der Waals surface area (Å²) in [4.78, 5) is 4.27. The first-order chi connectivity index (χ1) is 10.0. The largest absolute Gasteiger partial charge is 0.497 e. The van der Waals surface area contributed by atoms with Crippen LogP contribution in [-0.4, -0.2) is 26.7 Å². The Kier molecular flexibility index (Phi) is 3.59. The van der Waals surface area contributed by atoms with Crippen LogP contribution in [0, 0.1) is 13.8 Å². The maximum atomic E-state index is 6.16. The molecule has 0 aliphatic heterocycles. The first-order valence-electron chi connectivity index (χ1n) is 6.24. The Morgan fingerprint density at radius 2 is 2.00 bits per heavy atom. The molecule has 0 saturated heterocycles. The molecule has 0 aliphatic rings. The lowest BCUT2D eigenvalue weighted by Gasteiger charge is -2.09. The fourth-order valence-electron chi connectivity index (χ4n) is 2.15. The molecule has 0 bridgehead atoms. The molecule has 0 atom stereocenters. The first kappa shape index (κ1) is 14.3. The van der Waals surface area contributed by atoms with E-state index in [0.29, 0.717) is 16.6 Å². The van der Waals surface area contributed by atoms with Crippen LogP contribution in [-0.2, 0) is 0 Å². The molecule has 5 nitrogen and oxygen atoms in total. The van der Waals surface area contributed by atoms with Crippen LogP contribution >= 0.6 is 27.5 Å². The highest BCUT2D eigenvalue weighted by Crippen LogP contribution is 2.32. The van der Waals surface area contributed by atoms with E-state index in [0.717, 1.165) is 27.2 Å². The van der Waals surface area contributed by atoms with Gasteiger partial charge in [-0.05, 0) is 32.0 Å². The van der Waals surface area contributed by atoms with E-state index in [1.165, 1.54) is 0 Å². The average Bonchev–Trinajstić information content (AvgIpc) is 2.91. The summed E-state index contributed by atoms with van der Waals surface area (Å²) in [5.41, 5.74) is 3.22. The molecular formula is C14H12BrClN4O. The molecule has 7 heteroatoms. The van der Waals surface area contributed by atoms with Crippen LogP contribution in [0.3, 0.4) is 0 Å². The minimum Gasteiger partial charge on any atom is -0.497 e. The molecule has 0 spiro atoms. The van der Waals surface area contributed by atoms with E-state index in [2.05, 4.69) is 31.1 Å². The first-order valence-corrected chi connectivity index (χ1v) is 7.41. The second kappa shape index (κ2) is 5.27. The second-order valence-electron chi connectivity index (χ2n) is 4.60. The third-order valence-electron chi connectivity index (χ3n) is 3.39. The number of ether oxygens (including phenoxy) is 1. The summed E-state index contributed by atoms with van der Waals surface area (Å²) in [5, 5.41) is 8.76. The second-order valence-corrected chi connectivity index (χ2v) is 5.81. The van der Waals surface area contributed by atoms with Gasteiger partial charge in [-0.2, -0.15) is 0 Å². The maximum Gasteiger partial charge on any atom is 0.199 e. The fourth-order valence-corrected chi connectivity index (χ4v) is 2.83. The summed E-state index contributed by atoms with van der Waals surface area (Å²) in [5.74, 6) is 1.44. The van der Waals surface area contributed by atoms with Gasteiger partial charge in [0.2, 0.25) is 0 Å². The predicted octanol–water partition coefficient (Wildman–Crippen LogP) is 3.83. The van der Waals surface area contributed by atoms with Crippen LogP contribution in [0.25, 0.3) is 17.0 Å². The summed E-state index contributed by atoms with van der Waals surface area (Å²) in [7, 11) is 1.63. The molecule has 0 fully saturated rings. The van der Waals surface area contributed by atoms with Gasteiger partial charge in [0.05, 0.1) is 12.8 Å². The molecule has 21 heavy (non-hydrogen) atoms. The molecule has 0 N–H and O–H groups in total. The predicted molar refractivity (Wildman–Crippen MR) is 85.0 cm³/mol. The molecule has 1 aromatic carbocycles. The van der Waals surface area contributed by atoms with E-state index in [-0.39, 0.29) is 0 Å². The van der Waals surface area contributed by atoms with E-state index in [1.54, 1.807) is 7.11 Å². The Morgan fingerprint density at radius 3 is 2.71 bits per heavy atom. The smallest absolute Gasteiger partial charge is 0.199 e. The van der Waals surface area contributed by atoms with E-state index in [4.69, 9.17) is 16.3 Å². The maximum absolute atomic E-state index is 6.16. The van der Waals surface area contributed by atoms with Crippen molar-refractivity contribution in [1.29, 1.82) is 0 Å². The number of hydrogen-bond acceptors (Lipinski definition) is 4. The van der Waals surface area contributed by atoms with Gasteiger partial charge in [-0.15, -0.1) is 10.2 Å². The molecule has 0 amide bonds. The summed E-state index contributed by atoms with van der Waals surface area (Å²) >= 11 is 9.71. The Bertz CT molecular complexity index is 847. The summed E-state index contributed by atoms with van der Waals surface area (Å²) in [6.45, 7) is 3.87. The minimum absolute atomic E-state index is 0.343. The number of nitrogens with zero attached hydrogens (tertiary/aromatic N) is 4. The summed E-state index contributed by atoms with van der Waals surface area (Å²) < 4.78 is 8.09. The Balaban J connectivity index is 2.36. The van der Waals surface area contributed by atoms with Crippen LogP contribution in [0.5, 0.6) is 5.75 Å². The lowest BCUT2D eigenvalue weighted by Crippen LogP contribution is -2.01. The number of hydrogen-bond donors (Lipinski definition) is 0. The molecule has 0 saturated carbocycles. The van der Waals surface area contributed by atoms with Crippen molar-refractivity contribution in [2.45, 2.75) is 13.8 Å². The lowest BCUT2D eigenvalue weighted by molar-refractivity contribution is 0.415.